The van der Waals surface area contributed by atoms with Gasteiger partial charge in [-0.05, 0) is 56.1 Å². The highest BCUT2D eigenvalue weighted by Gasteiger charge is 2.29. The van der Waals surface area contributed by atoms with Gasteiger partial charge in [-0.3, -0.25) is 4.57 Å². The summed E-state index contributed by atoms with van der Waals surface area (Å²) in [6, 6.07) is 11.8. The van der Waals surface area contributed by atoms with Crippen molar-refractivity contribution in [2.45, 2.75) is 18.8 Å². The summed E-state index contributed by atoms with van der Waals surface area (Å²) in [5.41, 5.74) is 3.05. The van der Waals surface area contributed by atoms with Gasteiger partial charge in [-0.2, -0.15) is 9.35 Å². The van der Waals surface area contributed by atoms with E-state index in [2.05, 4.69) is 53.2 Å². The molecule has 1 aliphatic heterocycles. The van der Waals surface area contributed by atoms with Crippen LogP contribution in [0.3, 0.4) is 0 Å². The van der Waals surface area contributed by atoms with Crippen LogP contribution in [-0.4, -0.2) is 79.4 Å². The van der Waals surface area contributed by atoms with E-state index in [1.807, 2.05) is 30.6 Å². The summed E-state index contributed by atoms with van der Waals surface area (Å²) in [6.07, 6.45) is 9.24. The molecule has 0 bridgehead atoms. The SMILES string of the molecule is CN1CCN(c2ccc(Nc3ncc4cc(C5CC5)n(-c5cccc(N=S(C)(C)=O)n5)c4n3)nc2)CC1. The average molecular weight is 518 g/mol. The van der Waals surface area contributed by atoms with Crippen molar-refractivity contribution in [3.05, 3.63) is 54.5 Å². The first-order valence-electron chi connectivity index (χ1n) is 12.5. The third kappa shape index (κ3) is 5.28. The van der Waals surface area contributed by atoms with Crippen molar-refractivity contribution in [1.29, 1.82) is 0 Å². The smallest absolute Gasteiger partial charge is 0.230 e. The summed E-state index contributed by atoms with van der Waals surface area (Å²) in [6.45, 7) is 4.11. The zero-order chi connectivity index (χ0) is 25.6. The molecular weight excluding hydrogens is 486 g/mol. The maximum atomic E-state index is 12.2. The number of rotatable bonds is 6. The zero-order valence-electron chi connectivity index (χ0n) is 21.3. The summed E-state index contributed by atoms with van der Waals surface area (Å²) in [7, 11) is -0.165. The molecule has 4 aromatic rings. The maximum absolute atomic E-state index is 12.2. The molecule has 6 rings (SSSR count). The summed E-state index contributed by atoms with van der Waals surface area (Å²) in [4.78, 5) is 23.4. The number of aromatic nitrogens is 5. The Morgan fingerprint density at radius 2 is 1.81 bits per heavy atom. The molecule has 2 fully saturated rings. The molecule has 192 valence electrons. The molecule has 11 heteroatoms. The van der Waals surface area contributed by atoms with Crippen molar-refractivity contribution >= 4 is 44.0 Å². The van der Waals surface area contributed by atoms with Gasteiger partial charge in [0, 0.05) is 65.7 Å². The highest BCUT2D eigenvalue weighted by Crippen LogP contribution is 2.43. The Kier molecular flexibility index (Phi) is 6.04. The lowest BCUT2D eigenvalue weighted by Gasteiger charge is -2.33. The fourth-order valence-corrected chi connectivity index (χ4v) is 5.18. The molecule has 1 aliphatic carbocycles. The fourth-order valence-electron chi connectivity index (χ4n) is 4.63. The number of fused-ring (bicyclic) bond motifs is 1. The second-order valence-corrected chi connectivity index (χ2v) is 12.6. The third-order valence-electron chi connectivity index (χ3n) is 6.68. The summed E-state index contributed by atoms with van der Waals surface area (Å²) in [5.74, 6) is 2.80. The van der Waals surface area contributed by atoms with Gasteiger partial charge in [-0.25, -0.2) is 19.2 Å². The van der Waals surface area contributed by atoms with Crippen molar-refractivity contribution in [1.82, 2.24) is 29.4 Å². The van der Waals surface area contributed by atoms with Crippen LogP contribution in [0.4, 0.5) is 23.3 Å². The molecule has 1 N–H and O–H groups in total. The minimum absolute atomic E-state index is 0.452. The van der Waals surface area contributed by atoms with Crippen LogP contribution in [0.5, 0.6) is 0 Å². The second-order valence-electron chi connectivity index (χ2n) is 10.1. The minimum atomic E-state index is -2.32. The summed E-state index contributed by atoms with van der Waals surface area (Å²) >= 11 is 0. The minimum Gasteiger partial charge on any atom is -0.368 e. The first kappa shape index (κ1) is 23.8. The van der Waals surface area contributed by atoms with Crippen molar-refractivity contribution in [3.63, 3.8) is 0 Å². The molecule has 2 aliphatic rings. The second kappa shape index (κ2) is 9.38. The number of piperazine rings is 1. The Morgan fingerprint density at radius 3 is 2.51 bits per heavy atom. The van der Waals surface area contributed by atoms with E-state index in [0.717, 1.165) is 61.4 Å². The first-order chi connectivity index (χ1) is 17.8. The Balaban J connectivity index is 1.32. The van der Waals surface area contributed by atoms with E-state index >= 15 is 0 Å². The zero-order valence-corrected chi connectivity index (χ0v) is 22.1. The molecule has 1 saturated carbocycles. The van der Waals surface area contributed by atoms with E-state index in [1.165, 1.54) is 0 Å². The number of likely N-dealkylation sites (N-methyl/N-ethyl adjacent to an activating group) is 1. The molecule has 5 heterocycles. The van der Waals surface area contributed by atoms with E-state index in [0.29, 0.717) is 29.3 Å². The number of hydrogen-bond donors (Lipinski definition) is 1. The van der Waals surface area contributed by atoms with Gasteiger partial charge < -0.3 is 15.1 Å². The molecule has 10 nitrogen and oxygen atoms in total. The molecule has 1 saturated heterocycles. The number of pyridine rings is 2. The van der Waals surface area contributed by atoms with Crippen LogP contribution >= 0.6 is 0 Å². The van der Waals surface area contributed by atoms with Gasteiger partial charge in [0.1, 0.15) is 11.6 Å². The van der Waals surface area contributed by atoms with Crippen LogP contribution in [0.1, 0.15) is 24.5 Å². The topological polar surface area (TPSA) is 104 Å². The molecule has 0 unspecified atom stereocenters. The molecular formula is C26H31N9OS. The van der Waals surface area contributed by atoms with Crippen LogP contribution in [0.25, 0.3) is 16.9 Å². The Morgan fingerprint density at radius 1 is 1.00 bits per heavy atom. The predicted octanol–water partition coefficient (Wildman–Crippen LogP) is 3.94. The van der Waals surface area contributed by atoms with Gasteiger partial charge in [0.15, 0.2) is 11.5 Å². The van der Waals surface area contributed by atoms with Gasteiger partial charge in [0.25, 0.3) is 0 Å². The molecule has 0 aromatic carbocycles. The fraction of sp³-hybridized carbons (Fsp3) is 0.385. The Hall–Kier alpha value is -3.57. The lowest BCUT2D eigenvalue weighted by atomic mass is 10.3. The van der Waals surface area contributed by atoms with Crippen molar-refractivity contribution < 1.29 is 4.21 Å². The molecule has 0 radical (unpaired) electrons. The van der Waals surface area contributed by atoms with Gasteiger partial charge in [-0.1, -0.05) is 6.07 Å². The number of nitrogens with zero attached hydrogens (tertiary/aromatic N) is 8. The van der Waals surface area contributed by atoms with E-state index in [9.17, 15) is 4.21 Å². The highest BCUT2D eigenvalue weighted by molar-refractivity contribution is 7.92. The van der Waals surface area contributed by atoms with Crippen LogP contribution < -0.4 is 10.2 Å². The normalized spacial score (nSPS) is 16.8. The van der Waals surface area contributed by atoms with Crippen molar-refractivity contribution in [2.24, 2.45) is 4.36 Å². The van der Waals surface area contributed by atoms with Gasteiger partial charge in [0.2, 0.25) is 5.95 Å². The van der Waals surface area contributed by atoms with Crippen LogP contribution in [0.2, 0.25) is 0 Å². The maximum Gasteiger partial charge on any atom is 0.230 e. The van der Waals surface area contributed by atoms with Crippen LogP contribution in [0.15, 0.2) is 53.2 Å². The molecule has 0 atom stereocenters. The van der Waals surface area contributed by atoms with E-state index in [1.54, 1.807) is 18.6 Å². The number of hydrogen-bond acceptors (Lipinski definition) is 9. The Bertz CT molecular complexity index is 1550. The first-order valence-corrected chi connectivity index (χ1v) is 14.8. The lowest BCUT2D eigenvalue weighted by Crippen LogP contribution is -2.44. The predicted molar refractivity (Wildman–Crippen MR) is 148 cm³/mol. The highest BCUT2D eigenvalue weighted by atomic mass is 32.2. The number of anilines is 3. The van der Waals surface area contributed by atoms with Crippen molar-refractivity contribution in [3.8, 4) is 5.82 Å². The van der Waals surface area contributed by atoms with E-state index in [-0.39, 0.29) is 0 Å². The Labute approximate surface area is 217 Å². The van der Waals surface area contributed by atoms with E-state index in [4.69, 9.17) is 9.97 Å². The van der Waals surface area contributed by atoms with Gasteiger partial charge in [0.05, 0.1) is 11.9 Å². The quantitative estimate of drug-likeness (QED) is 0.410. The standard InChI is InChI=1S/C26H31N9OS/c1-33-11-13-34(14-12-33)20-9-10-22(27-17-20)30-26-28-16-19-15-21(18-7-8-18)35(25(19)31-26)24-6-4-5-23(29-24)32-37(2,3)36/h4-6,9-10,15-18H,7-8,11-14H2,1-3H3,(H,27,28,30,31). The average Bonchev–Trinajstić information content (AvgIpc) is 3.64. The number of nitrogens with one attached hydrogen (secondary N) is 1. The summed E-state index contributed by atoms with van der Waals surface area (Å²) in [5, 5.41) is 4.21. The molecule has 4 aromatic heterocycles. The lowest BCUT2D eigenvalue weighted by molar-refractivity contribution is 0.313. The van der Waals surface area contributed by atoms with Crippen LogP contribution in [0, 0.1) is 0 Å². The van der Waals surface area contributed by atoms with E-state index < -0.39 is 9.73 Å². The molecule has 37 heavy (non-hydrogen) atoms. The monoisotopic (exact) mass is 517 g/mol. The van der Waals surface area contributed by atoms with Crippen LogP contribution in [-0.2, 0) is 9.73 Å². The largest absolute Gasteiger partial charge is 0.368 e. The third-order valence-corrected chi connectivity index (χ3v) is 7.31. The van der Waals surface area contributed by atoms with Gasteiger partial charge >= 0.3 is 0 Å². The molecule has 0 amide bonds. The van der Waals surface area contributed by atoms with Crippen molar-refractivity contribution in [2.75, 3.05) is 56.0 Å². The summed E-state index contributed by atoms with van der Waals surface area (Å²) < 4.78 is 18.6. The van der Waals surface area contributed by atoms with Gasteiger partial charge in [-0.15, -0.1) is 0 Å². The molecule has 0 spiro atoms.